The fourth-order valence-electron chi connectivity index (χ4n) is 16.1. The number of urea groups is 2. The number of aliphatic hydroxyl groups excluding tert-OH is 2. The molecule has 135 heavy (non-hydrogen) atoms. The van der Waals surface area contributed by atoms with Crippen LogP contribution in [0.15, 0.2) is 48.5 Å². The zero-order valence-corrected chi connectivity index (χ0v) is 77.6. The molecule has 0 spiro atoms. The van der Waals surface area contributed by atoms with Gasteiger partial charge in [-0.05, 0) is 167 Å². The highest BCUT2D eigenvalue weighted by Gasteiger charge is 2.55. The van der Waals surface area contributed by atoms with E-state index in [9.17, 15) is 101 Å². The highest BCUT2D eigenvalue weighted by molar-refractivity contribution is 6.08. The van der Waals surface area contributed by atoms with Gasteiger partial charge in [0.1, 0.15) is 5.41 Å². The zero-order valence-electron chi connectivity index (χ0n) is 77.6. The van der Waals surface area contributed by atoms with Crippen molar-refractivity contribution < 1.29 is 149 Å². The van der Waals surface area contributed by atoms with Crippen LogP contribution in [0.3, 0.4) is 0 Å². The Morgan fingerprint density at radius 1 is 0.370 bits per heavy atom. The summed E-state index contributed by atoms with van der Waals surface area (Å²) in [6, 6.07) is 11.7. The first-order valence-corrected chi connectivity index (χ1v) is 46.0. The first-order valence-electron chi connectivity index (χ1n) is 46.0. The molecule has 5 aliphatic carbocycles. The highest BCUT2D eigenvalue weighted by atomic mass is 16.7. The van der Waals surface area contributed by atoms with Gasteiger partial charge in [0.15, 0.2) is 27.4 Å². The minimum Gasteiger partial charge on any atom is -0.480 e. The van der Waals surface area contributed by atoms with Crippen LogP contribution >= 0.6 is 0 Å². The summed E-state index contributed by atoms with van der Waals surface area (Å²) in [6.07, 6.45) is 19.3. The molecule has 756 valence electrons. The van der Waals surface area contributed by atoms with E-state index < -0.39 is 128 Å². The molecule has 10 rings (SSSR count). The molecule has 0 unspecified atom stereocenters. The van der Waals surface area contributed by atoms with Crippen LogP contribution in [0, 0.1) is 33.0 Å². The summed E-state index contributed by atoms with van der Waals surface area (Å²) in [5.74, 6) is -9.79. The molecule has 8 fully saturated rings. The number of ketones is 1. The number of carbonyl (C=O) groups is 20. The minimum absolute atomic E-state index is 0. The molecule has 0 aromatic heterocycles. The highest BCUT2D eigenvalue weighted by Crippen LogP contribution is 2.45. The molecule has 3 saturated heterocycles. The van der Waals surface area contributed by atoms with E-state index in [1.807, 2.05) is 0 Å². The van der Waals surface area contributed by atoms with Crippen molar-refractivity contribution in [2.75, 3.05) is 70.4 Å². The van der Waals surface area contributed by atoms with Gasteiger partial charge in [0.05, 0.1) is 58.9 Å². The molecule has 0 radical (unpaired) electrons. The van der Waals surface area contributed by atoms with Crippen LogP contribution in [0.4, 0.5) is 21.0 Å². The Balaban J connectivity index is 0.000000547. The molecule has 2 aromatic rings. The maximum atomic E-state index is 13.4. The van der Waals surface area contributed by atoms with Gasteiger partial charge in [-0.3, -0.25) is 81.6 Å². The van der Waals surface area contributed by atoms with Crippen molar-refractivity contribution in [1.82, 2.24) is 25.7 Å². The van der Waals surface area contributed by atoms with Crippen molar-refractivity contribution in [3.8, 4) is 0 Å². The van der Waals surface area contributed by atoms with Gasteiger partial charge in [-0.2, -0.15) is 0 Å². The number of hydroxylamine groups is 4. The maximum Gasteiger partial charge on any atom is 0.350 e. The average molecular weight is 1910 g/mol. The summed E-state index contributed by atoms with van der Waals surface area (Å²) >= 11 is 0. The van der Waals surface area contributed by atoms with Gasteiger partial charge in [0.2, 0.25) is 23.6 Å². The quantitative estimate of drug-likeness (QED) is 0.0102. The number of aliphatic hydroxyl groups is 2. The number of hydrogen-bond donors (Lipinski definition) is 10. The second kappa shape index (κ2) is 61.2. The summed E-state index contributed by atoms with van der Waals surface area (Å²) in [6.45, 7) is 12.1. The SMILES string of the molecule is C.C.CCOC(=O)C1(C(=O)C[C@@H](CCCNC(N)=O)C(=O)Nc2ccc(CO)cc2)CCCCC1.CCOC(=O)C1(C(=O)O)CCCCC1.CCOC(=O)C1(C(=O)OCC)CCCCC1.CCOC(=O)C1(C(=O)ON2C(=O)CCC2=O)CCCCC1.CCOC(=O)C1(C(=O)ON2C(=O)CCC2=O)CCCCC1.CN1C(=O)CCC1=O.NC(=O)NCCC[C@H](N)C(=O)Nc1ccc(CO)cc1. The Morgan fingerprint density at radius 3 is 0.904 bits per heavy atom. The lowest BCUT2D eigenvalue weighted by molar-refractivity contribution is -0.210. The molecule has 0 bridgehead atoms. The van der Waals surface area contributed by atoms with Gasteiger partial charge in [0.25, 0.3) is 23.6 Å². The number of ether oxygens (including phenoxy) is 6. The monoisotopic (exact) mass is 1910 g/mol. The average Bonchev–Trinajstić information content (AvgIpc) is 1.72. The summed E-state index contributed by atoms with van der Waals surface area (Å²) < 4.78 is 30.1. The van der Waals surface area contributed by atoms with E-state index in [0.29, 0.717) is 175 Å². The van der Waals surface area contributed by atoms with Crippen LogP contribution in [0.5, 0.6) is 0 Å². The smallest absolute Gasteiger partial charge is 0.350 e. The number of anilines is 2. The number of carboxylic acid groups (broad SMARTS) is 1. The van der Waals surface area contributed by atoms with Crippen molar-refractivity contribution in [3.63, 3.8) is 0 Å². The van der Waals surface area contributed by atoms with Gasteiger partial charge < -0.3 is 91.9 Å². The van der Waals surface area contributed by atoms with E-state index in [-0.39, 0.29) is 123 Å². The molecule has 3 aliphatic heterocycles. The van der Waals surface area contributed by atoms with Gasteiger partial charge in [-0.1, -0.05) is 135 Å². The van der Waals surface area contributed by atoms with Gasteiger partial charge in [0, 0.05) is 82.4 Å². The van der Waals surface area contributed by atoms with Crippen LogP contribution in [0.2, 0.25) is 0 Å². The van der Waals surface area contributed by atoms with Crippen LogP contribution in [-0.4, -0.2) is 215 Å². The third kappa shape index (κ3) is 36.0. The third-order valence-corrected chi connectivity index (χ3v) is 23.9. The second-order valence-corrected chi connectivity index (χ2v) is 33.1. The molecule has 12 amide bonds. The predicted molar refractivity (Wildman–Crippen MR) is 487 cm³/mol. The number of nitrogens with one attached hydrogen (secondary N) is 4. The lowest BCUT2D eigenvalue weighted by Gasteiger charge is -2.34. The number of benzene rings is 2. The molecule has 2 atom stereocenters. The predicted octanol–water partition coefficient (Wildman–Crippen LogP) is 9.45. The Bertz CT molecular complexity index is 4110. The number of carbonyl (C=O) groups excluding carboxylic acids is 19. The van der Waals surface area contributed by atoms with E-state index in [0.717, 1.165) is 76.2 Å². The number of imide groups is 3. The molecular weight excluding hydrogens is 1770 g/mol. The van der Waals surface area contributed by atoms with Gasteiger partial charge in [-0.15, -0.1) is 10.1 Å². The first kappa shape index (κ1) is 119. The van der Waals surface area contributed by atoms with Crippen LogP contribution in [0.25, 0.3) is 0 Å². The number of nitrogens with zero attached hydrogens (tertiary/aromatic N) is 3. The topological polar surface area (TPSA) is 612 Å². The number of Topliss-reactive ketones (excluding diaryl/α,β-unsaturated/α-hetero) is 1. The largest absolute Gasteiger partial charge is 0.480 e. The lowest BCUT2D eigenvalue weighted by atomic mass is 9.69. The van der Waals surface area contributed by atoms with Crippen molar-refractivity contribution in [2.24, 2.45) is 50.2 Å². The molecule has 13 N–H and O–H groups in total. The number of primary amides is 2. The van der Waals surface area contributed by atoms with E-state index in [1.54, 1.807) is 90.1 Å². The first-order chi connectivity index (χ1) is 63.4. The van der Waals surface area contributed by atoms with E-state index in [4.69, 9.17) is 65.5 Å². The van der Waals surface area contributed by atoms with E-state index >= 15 is 0 Å². The molecule has 41 heteroatoms. The lowest BCUT2D eigenvalue weighted by Crippen LogP contribution is -2.47. The summed E-state index contributed by atoms with van der Waals surface area (Å²) in [4.78, 5) is 246. The fourth-order valence-corrected chi connectivity index (χ4v) is 16.1. The number of esters is 6. The summed E-state index contributed by atoms with van der Waals surface area (Å²) in [7, 11) is 1.51. The Morgan fingerprint density at radius 2 is 0.630 bits per heavy atom. The van der Waals surface area contributed by atoms with Crippen LogP contribution in [0.1, 0.15) is 299 Å². The fraction of sp³-hybridized carbons (Fsp3) is 0.660. The number of hydrogen-bond acceptors (Lipinski definition) is 31. The zero-order chi connectivity index (χ0) is 98.9. The summed E-state index contributed by atoms with van der Waals surface area (Å²) in [5.41, 5.74) is 12.2. The van der Waals surface area contributed by atoms with Crippen LogP contribution in [-0.2, 0) is 138 Å². The molecule has 41 nitrogen and oxygen atoms in total. The Labute approximate surface area is 788 Å². The number of likely N-dealkylation sites (tertiary alicyclic amines) is 1. The van der Waals surface area contributed by atoms with Crippen molar-refractivity contribution in [2.45, 2.75) is 307 Å². The number of aliphatic carboxylic acids is 1. The van der Waals surface area contributed by atoms with Crippen molar-refractivity contribution >= 4 is 130 Å². The normalized spacial score (nSPS) is 17.7. The van der Waals surface area contributed by atoms with Gasteiger partial charge in [-0.25, -0.2) is 19.2 Å². The number of amides is 12. The number of carboxylic acids is 1. The van der Waals surface area contributed by atoms with E-state index in [2.05, 4.69) is 21.3 Å². The standard InChI is InChI=1S/C24H35N3O6.2C14H19NO6.C13H20N4O3.C12H20O4.C10H16O4.C5H7NO2.2CH4/c1-2-33-22(31)24(12-4-3-5-13-24)20(29)15-18(7-6-14-26-23(25)32)21(30)27-19-10-8-17(16-28)9-11-19;2*1-2-20-12(18)14(8-4-3-5-9-14)13(19)21-15-10(16)6-7-11(15)17;14-11(2-1-7-16-13(15)20)12(19)17-10-5-3-9(8-18)4-6-10;1-3-15-10(13)12(11(14)16-4-2)8-6-5-7-9-12;1-2-14-9(13)10(8(11)12)6-4-3-5-7-10;1-6-4(7)2-3-5(6)8;;/h8-11,18,28H,2-7,12-16H2,1H3,(H,27,30)(H3,25,26,32);2*2-9H2,1H3;3-6,11,18H,1-2,7-8,14H2,(H,17,19)(H3,15,16,20);3-9H2,1-2H3;2-7H2,1H3,(H,11,12);2-3H2,1H3;2*1H4/t18-;;;11-;;;;;/m1..0...../s1. The third-order valence-electron chi connectivity index (χ3n) is 23.9. The number of rotatable bonds is 34. The summed E-state index contributed by atoms with van der Waals surface area (Å²) in [5, 5.41) is 38.6. The molecule has 8 aliphatic rings. The van der Waals surface area contributed by atoms with Crippen molar-refractivity contribution in [1.29, 1.82) is 0 Å². The van der Waals surface area contributed by atoms with Crippen LogP contribution < -0.4 is 38.5 Å². The molecule has 3 heterocycles. The molecular formula is C94H144N10O31. The van der Waals surface area contributed by atoms with E-state index in [1.165, 1.54) is 11.9 Å². The minimum atomic E-state index is -1.39. The van der Waals surface area contributed by atoms with Gasteiger partial charge >= 0.3 is 65.8 Å². The maximum absolute atomic E-state index is 13.4. The molecule has 5 saturated carbocycles. The van der Waals surface area contributed by atoms with Crippen molar-refractivity contribution in [3.05, 3.63) is 59.7 Å². The Hall–Kier alpha value is -11.9. The molecule has 2 aromatic carbocycles. The number of nitrogens with two attached hydrogens (primary N) is 3. The Kier molecular flexibility index (Phi) is 54.0. The second-order valence-electron chi connectivity index (χ2n) is 33.1.